The number of H-pyrrole nitrogens is 1. The van der Waals surface area contributed by atoms with Crippen molar-refractivity contribution in [1.29, 1.82) is 0 Å². The van der Waals surface area contributed by atoms with Crippen LogP contribution in [-0.4, -0.2) is 32.8 Å². The van der Waals surface area contributed by atoms with E-state index in [2.05, 4.69) is 32.3 Å². The lowest BCUT2D eigenvalue weighted by molar-refractivity contribution is 0.0938. The van der Waals surface area contributed by atoms with Crippen LogP contribution >= 0.6 is 0 Å². The van der Waals surface area contributed by atoms with Gasteiger partial charge in [-0.1, -0.05) is 24.0 Å². The number of nitrogens with one attached hydrogen (secondary N) is 2. The minimum Gasteiger partial charge on any atom is -0.395 e. The summed E-state index contributed by atoms with van der Waals surface area (Å²) >= 11 is 0. The van der Waals surface area contributed by atoms with E-state index in [0.717, 1.165) is 0 Å². The zero-order valence-corrected chi connectivity index (χ0v) is 11.6. The molecule has 0 saturated heterocycles. The van der Waals surface area contributed by atoms with Crippen molar-refractivity contribution in [1.82, 2.24) is 20.5 Å². The smallest absolute Gasteiger partial charge is 0.253 e. The maximum Gasteiger partial charge on any atom is 0.253 e. The van der Waals surface area contributed by atoms with Crippen LogP contribution in [0.1, 0.15) is 41.1 Å². The van der Waals surface area contributed by atoms with E-state index < -0.39 is 0 Å². The number of aliphatic hydroxyl groups is 1. The fourth-order valence-electron chi connectivity index (χ4n) is 1.77. The monoisotopic (exact) mass is 284 g/mol. The summed E-state index contributed by atoms with van der Waals surface area (Å²) in [6.45, 7) is 1.82. The van der Waals surface area contributed by atoms with Gasteiger partial charge in [0, 0.05) is 12.0 Å². The van der Waals surface area contributed by atoms with Gasteiger partial charge in [0.1, 0.15) is 12.2 Å². The predicted molar refractivity (Wildman–Crippen MR) is 77.3 cm³/mol. The van der Waals surface area contributed by atoms with Crippen molar-refractivity contribution >= 4 is 5.91 Å². The number of aliphatic hydroxyl groups excluding tert-OH is 1. The normalized spacial score (nSPS) is 11.3. The standard InChI is InChI=1S/C15H16N4O2/c1-11(14-16-10-17-19-14)18-15(21)13-8-3-2-6-12(13)7-4-5-9-20/h2-3,6,8,10-11,20H,5,9H2,1H3,(H,18,21)(H,16,17,19). The molecule has 0 saturated carbocycles. The Kier molecular flexibility index (Phi) is 5.07. The summed E-state index contributed by atoms with van der Waals surface area (Å²) in [5, 5.41) is 18.1. The first kappa shape index (κ1) is 14.8. The first-order chi connectivity index (χ1) is 10.2. The zero-order chi connectivity index (χ0) is 15.1. The van der Waals surface area contributed by atoms with Crippen molar-refractivity contribution in [2.24, 2.45) is 0 Å². The van der Waals surface area contributed by atoms with Crippen molar-refractivity contribution in [3.8, 4) is 11.8 Å². The first-order valence-electron chi connectivity index (χ1n) is 6.57. The van der Waals surface area contributed by atoms with Crippen LogP contribution in [0, 0.1) is 11.8 Å². The first-order valence-corrected chi connectivity index (χ1v) is 6.57. The maximum atomic E-state index is 12.3. The molecule has 0 radical (unpaired) electrons. The van der Waals surface area contributed by atoms with Crippen molar-refractivity contribution in [3.05, 3.63) is 47.5 Å². The maximum absolute atomic E-state index is 12.3. The van der Waals surface area contributed by atoms with E-state index in [1.807, 2.05) is 13.0 Å². The number of rotatable bonds is 4. The van der Waals surface area contributed by atoms with Crippen LogP contribution in [0.25, 0.3) is 0 Å². The van der Waals surface area contributed by atoms with Crippen LogP contribution in [0.3, 0.4) is 0 Å². The van der Waals surface area contributed by atoms with Crippen LogP contribution < -0.4 is 5.32 Å². The zero-order valence-electron chi connectivity index (χ0n) is 11.6. The van der Waals surface area contributed by atoms with Gasteiger partial charge < -0.3 is 10.4 Å². The topological polar surface area (TPSA) is 90.9 Å². The lowest BCUT2D eigenvalue weighted by Gasteiger charge is -2.12. The SMILES string of the molecule is CC(NC(=O)c1ccccc1C#CCCO)c1ncn[nH]1. The molecule has 0 fully saturated rings. The molecule has 0 aliphatic carbocycles. The van der Waals surface area contributed by atoms with Crippen LogP contribution in [0.4, 0.5) is 0 Å². The Hall–Kier alpha value is -2.65. The number of nitrogens with zero attached hydrogens (tertiary/aromatic N) is 2. The van der Waals surface area contributed by atoms with E-state index in [1.165, 1.54) is 6.33 Å². The van der Waals surface area contributed by atoms with Crippen molar-refractivity contribution in [3.63, 3.8) is 0 Å². The molecule has 0 aliphatic heterocycles. The second kappa shape index (κ2) is 7.22. The highest BCUT2D eigenvalue weighted by atomic mass is 16.2. The molecular formula is C15H16N4O2. The van der Waals surface area contributed by atoms with E-state index in [-0.39, 0.29) is 18.6 Å². The summed E-state index contributed by atoms with van der Waals surface area (Å²) in [5.41, 5.74) is 1.13. The molecule has 1 unspecified atom stereocenters. The molecule has 2 aromatic rings. The minimum absolute atomic E-state index is 0.00386. The quantitative estimate of drug-likeness (QED) is 0.731. The van der Waals surface area contributed by atoms with Gasteiger partial charge in [-0.2, -0.15) is 5.10 Å². The summed E-state index contributed by atoms with van der Waals surface area (Å²) in [6, 6.07) is 6.81. The number of hydrogen-bond donors (Lipinski definition) is 3. The Bertz CT molecular complexity index is 656. The molecule has 2 rings (SSSR count). The third kappa shape index (κ3) is 3.91. The third-order valence-electron chi connectivity index (χ3n) is 2.82. The van der Waals surface area contributed by atoms with Gasteiger partial charge in [0.05, 0.1) is 18.2 Å². The second-order valence-corrected chi connectivity index (χ2v) is 4.39. The molecule has 3 N–H and O–H groups in total. The highest BCUT2D eigenvalue weighted by Gasteiger charge is 2.15. The fraction of sp³-hybridized carbons (Fsp3) is 0.267. The lowest BCUT2D eigenvalue weighted by Crippen LogP contribution is -2.28. The number of carbonyl (C=O) groups excluding carboxylic acids is 1. The number of aromatic amines is 1. The average molecular weight is 284 g/mol. The Labute approximate surface area is 122 Å². The van der Waals surface area contributed by atoms with Gasteiger partial charge in [0.15, 0.2) is 0 Å². The van der Waals surface area contributed by atoms with Crippen LogP contribution in [0.2, 0.25) is 0 Å². The minimum atomic E-state index is -0.279. The largest absolute Gasteiger partial charge is 0.395 e. The Morgan fingerprint density at radius 1 is 1.48 bits per heavy atom. The van der Waals surface area contributed by atoms with Gasteiger partial charge in [-0.3, -0.25) is 9.89 Å². The van der Waals surface area contributed by atoms with Crippen molar-refractivity contribution in [2.45, 2.75) is 19.4 Å². The summed E-state index contributed by atoms with van der Waals surface area (Å²) < 4.78 is 0. The van der Waals surface area contributed by atoms with Crippen LogP contribution in [0.5, 0.6) is 0 Å². The van der Waals surface area contributed by atoms with Gasteiger partial charge in [0.2, 0.25) is 0 Å². The Morgan fingerprint density at radius 2 is 2.29 bits per heavy atom. The molecule has 6 nitrogen and oxygen atoms in total. The molecule has 1 aromatic heterocycles. The van der Waals surface area contributed by atoms with E-state index in [0.29, 0.717) is 23.4 Å². The molecule has 1 aromatic carbocycles. The molecule has 21 heavy (non-hydrogen) atoms. The summed E-state index contributed by atoms with van der Waals surface area (Å²) in [4.78, 5) is 16.3. The number of aromatic nitrogens is 3. The van der Waals surface area contributed by atoms with Gasteiger partial charge in [0.25, 0.3) is 5.91 Å². The Morgan fingerprint density at radius 3 is 3.00 bits per heavy atom. The average Bonchev–Trinajstić information content (AvgIpc) is 3.02. The summed E-state index contributed by atoms with van der Waals surface area (Å²) in [5.74, 6) is 6.08. The molecule has 1 amide bonds. The van der Waals surface area contributed by atoms with E-state index in [4.69, 9.17) is 5.11 Å². The highest BCUT2D eigenvalue weighted by molar-refractivity contribution is 5.96. The number of amides is 1. The molecule has 1 heterocycles. The fourth-order valence-corrected chi connectivity index (χ4v) is 1.77. The van der Waals surface area contributed by atoms with Gasteiger partial charge in [-0.15, -0.1) is 0 Å². The van der Waals surface area contributed by atoms with E-state index in [1.54, 1.807) is 18.2 Å². The molecule has 0 spiro atoms. The van der Waals surface area contributed by atoms with Gasteiger partial charge in [-0.25, -0.2) is 4.98 Å². The Balaban J connectivity index is 2.14. The van der Waals surface area contributed by atoms with Gasteiger partial charge in [-0.05, 0) is 19.1 Å². The molecular weight excluding hydrogens is 268 g/mol. The summed E-state index contributed by atoms with van der Waals surface area (Å²) in [6.07, 6.45) is 1.77. The number of carbonyl (C=O) groups is 1. The third-order valence-corrected chi connectivity index (χ3v) is 2.82. The lowest BCUT2D eigenvalue weighted by atomic mass is 10.1. The van der Waals surface area contributed by atoms with Crippen molar-refractivity contribution in [2.75, 3.05) is 6.61 Å². The second-order valence-electron chi connectivity index (χ2n) is 4.39. The van der Waals surface area contributed by atoms with E-state index >= 15 is 0 Å². The molecule has 108 valence electrons. The number of hydrogen-bond acceptors (Lipinski definition) is 4. The summed E-state index contributed by atoms with van der Waals surface area (Å²) in [7, 11) is 0. The number of benzene rings is 1. The molecule has 1 atom stereocenters. The molecule has 6 heteroatoms. The predicted octanol–water partition coefficient (Wildman–Crippen LogP) is 1.03. The van der Waals surface area contributed by atoms with E-state index in [9.17, 15) is 4.79 Å². The molecule has 0 aliphatic rings. The van der Waals surface area contributed by atoms with Gasteiger partial charge >= 0.3 is 0 Å². The molecule has 0 bridgehead atoms. The van der Waals surface area contributed by atoms with Crippen LogP contribution in [0.15, 0.2) is 30.6 Å². The van der Waals surface area contributed by atoms with Crippen LogP contribution in [-0.2, 0) is 0 Å². The highest BCUT2D eigenvalue weighted by Crippen LogP contribution is 2.11. The van der Waals surface area contributed by atoms with Crippen molar-refractivity contribution < 1.29 is 9.90 Å².